The Labute approximate surface area is 184 Å². The van der Waals surface area contributed by atoms with Crippen LogP contribution in [0.3, 0.4) is 0 Å². The summed E-state index contributed by atoms with van der Waals surface area (Å²) in [7, 11) is 1.46. The summed E-state index contributed by atoms with van der Waals surface area (Å²) in [6, 6.07) is 9.55. The van der Waals surface area contributed by atoms with E-state index < -0.39 is 42.4 Å². The number of anilines is 1. The van der Waals surface area contributed by atoms with Gasteiger partial charge in [-0.3, -0.25) is 4.79 Å². The van der Waals surface area contributed by atoms with Gasteiger partial charge < -0.3 is 19.7 Å². The highest BCUT2D eigenvalue weighted by Crippen LogP contribution is 2.39. The minimum atomic E-state index is -4.92. The quantitative estimate of drug-likeness (QED) is 0.662. The molecule has 2 aromatic rings. The van der Waals surface area contributed by atoms with E-state index in [2.05, 4.69) is 5.32 Å². The summed E-state index contributed by atoms with van der Waals surface area (Å²) in [6.07, 6.45) is -13.4. The van der Waals surface area contributed by atoms with Gasteiger partial charge in [-0.2, -0.15) is 31.6 Å². The van der Waals surface area contributed by atoms with Crippen molar-refractivity contribution in [3.63, 3.8) is 0 Å². The smallest absolute Gasteiger partial charge is 0.433 e. The van der Waals surface area contributed by atoms with Crippen LogP contribution in [0.5, 0.6) is 5.75 Å². The molecule has 1 amide bonds. The first kappa shape index (κ1) is 24.2. The van der Waals surface area contributed by atoms with Crippen LogP contribution in [0, 0.1) is 11.3 Å². The molecule has 0 radical (unpaired) electrons. The summed E-state index contributed by atoms with van der Waals surface area (Å²) in [4.78, 5) is 12.2. The summed E-state index contributed by atoms with van der Waals surface area (Å²) in [5.41, 5.74) is -2.07. The Balaban J connectivity index is 1.78. The molecule has 0 unspecified atom stereocenters. The van der Waals surface area contributed by atoms with Crippen molar-refractivity contribution < 1.29 is 40.6 Å². The number of hydrogen-bond acceptors (Lipinski definition) is 5. The van der Waals surface area contributed by atoms with Crippen LogP contribution in [0.2, 0.25) is 0 Å². The van der Waals surface area contributed by atoms with E-state index in [1.165, 1.54) is 37.4 Å². The average Bonchev–Trinajstić information content (AvgIpc) is 3.21. The van der Waals surface area contributed by atoms with Crippen LogP contribution in [0.25, 0.3) is 0 Å². The summed E-state index contributed by atoms with van der Waals surface area (Å²) < 4.78 is 90.9. The number of carbonyl (C=O) groups is 1. The highest BCUT2D eigenvalue weighted by molar-refractivity contribution is 5.94. The van der Waals surface area contributed by atoms with Crippen molar-refractivity contribution in [2.75, 3.05) is 25.1 Å². The lowest BCUT2D eigenvalue weighted by Gasteiger charge is -2.27. The van der Waals surface area contributed by atoms with Crippen molar-refractivity contribution in [3.8, 4) is 11.8 Å². The van der Waals surface area contributed by atoms with Gasteiger partial charge in [0.1, 0.15) is 18.5 Å². The molecule has 1 heterocycles. The molecule has 0 bridgehead atoms. The monoisotopic (exact) mass is 473 g/mol. The topological polar surface area (TPSA) is 74.6 Å². The van der Waals surface area contributed by atoms with E-state index >= 15 is 0 Å². The van der Waals surface area contributed by atoms with Crippen molar-refractivity contribution in [2.45, 2.75) is 24.7 Å². The predicted octanol–water partition coefficient (Wildman–Crippen LogP) is 4.11. The maximum atomic E-state index is 13.5. The van der Waals surface area contributed by atoms with Crippen LogP contribution in [-0.4, -0.2) is 44.6 Å². The maximum Gasteiger partial charge on any atom is 0.433 e. The van der Waals surface area contributed by atoms with Crippen molar-refractivity contribution in [1.82, 2.24) is 5.32 Å². The number of alkyl halides is 6. The van der Waals surface area contributed by atoms with Crippen molar-refractivity contribution in [2.24, 2.45) is 0 Å². The van der Waals surface area contributed by atoms with Gasteiger partial charge >= 0.3 is 12.4 Å². The third kappa shape index (κ3) is 5.48. The molecule has 176 valence electrons. The Kier molecular flexibility index (Phi) is 6.73. The molecule has 0 spiro atoms. The van der Waals surface area contributed by atoms with E-state index in [4.69, 9.17) is 14.7 Å². The Morgan fingerprint density at radius 2 is 1.85 bits per heavy atom. The Morgan fingerprint density at radius 1 is 1.18 bits per heavy atom. The molecule has 2 aromatic carbocycles. The number of hydrogen-bond donors (Lipinski definition) is 1. The Bertz CT molecular complexity index is 1050. The van der Waals surface area contributed by atoms with E-state index in [0.29, 0.717) is 16.5 Å². The Morgan fingerprint density at radius 3 is 2.39 bits per heavy atom. The number of rotatable bonds is 5. The number of nitrogens with zero attached hydrogens (tertiary/aromatic N) is 2. The maximum absolute atomic E-state index is 13.5. The summed E-state index contributed by atoms with van der Waals surface area (Å²) >= 11 is 0. The number of amides is 1. The SMILES string of the molecule is CNC(=O)c1ccc(OC[C@@H]2CN(c3ccc(C#N)c(C(F)(F)F)c3)[C@@H](C(F)(F)F)O2)cc1. The number of halogens is 6. The highest BCUT2D eigenvalue weighted by Gasteiger charge is 2.51. The van der Waals surface area contributed by atoms with Crippen LogP contribution in [0.15, 0.2) is 42.5 Å². The third-order valence-corrected chi connectivity index (χ3v) is 4.82. The molecule has 12 heteroatoms. The van der Waals surface area contributed by atoms with E-state index in [0.717, 1.165) is 12.1 Å². The van der Waals surface area contributed by atoms with Crippen molar-refractivity contribution >= 4 is 11.6 Å². The van der Waals surface area contributed by atoms with E-state index in [1.54, 1.807) is 0 Å². The molecule has 6 nitrogen and oxygen atoms in total. The largest absolute Gasteiger partial charge is 0.491 e. The zero-order valence-corrected chi connectivity index (χ0v) is 17.0. The predicted molar refractivity (Wildman–Crippen MR) is 104 cm³/mol. The minimum Gasteiger partial charge on any atom is -0.491 e. The van der Waals surface area contributed by atoms with Gasteiger partial charge in [0.25, 0.3) is 5.91 Å². The van der Waals surface area contributed by atoms with Crippen molar-refractivity contribution in [1.29, 1.82) is 5.26 Å². The zero-order valence-electron chi connectivity index (χ0n) is 17.0. The van der Waals surface area contributed by atoms with Gasteiger partial charge in [0, 0.05) is 18.3 Å². The van der Waals surface area contributed by atoms with Crippen LogP contribution in [-0.2, 0) is 10.9 Å². The van der Waals surface area contributed by atoms with E-state index in [-0.39, 0.29) is 24.0 Å². The zero-order chi connectivity index (χ0) is 24.4. The summed E-state index contributed by atoms with van der Waals surface area (Å²) in [5, 5.41) is 11.3. The second-order valence-corrected chi connectivity index (χ2v) is 7.06. The molecule has 1 aliphatic heterocycles. The van der Waals surface area contributed by atoms with Gasteiger partial charge in [-0.05, 0) is 42.5 Å². The number of carbonyl (C=O) groups excluding carboxylic acids is 1. The number of nitrogens with one attached hydrogen (secondary N) is 1. The van der Waals surface area contributed by atoms with Gasteiger partial charge in [0.05, 0.1) is 23.7 Å². The Hall–Kier alpha value is -3.46. The molecule has 0 aliphatic carbocycles. The van der Waals surface area contributed by atoms with Gasteiger partial charge in [0.2, 0.25) is 6.23 Å². The van der Waals surface area contributed by atoms with E-state index in [1.807, 2.05) is 0 Å². The van der Waals surface area contributed by atoms with Crippen LogP contribution < -0.4 is 15.0 Å². The van der Waals surface area contributed by atoms with Crippen LogP contribution in [0.1, 0.15) is 21.5 Å². The molecule has 33 heavy (non-hydrogen) atoms. The first-order valence-electron chi connectivity index (χ1n) is 9.49. The van der Waals surface area contributed by atoms with Gasteiger partial charge in [-0.25, -0.2) is 0 Å². The number of ether oxygens (including phenoxy) is 2. The van der Waals surface area contributed by atoms with Crippen LogP contribution >= 0.6 is 0 Å². The van der Waals surface area contributed by atoms with E-state index in [9.17, 15) is 31.1 Å². The lowest BCUT2D eigenvalue weighted by Crippen LogP contribution is -2.42. The highest BCUT2D eigenvalue weighted by atomic mass is 19.4. The average molecular weight is 473 g/mol. The molecule has 2 atom stereocenters. The summed E-state index contributed by atoms with van der Waals surface area (Å²) in [5.74, 6) is -0.0593. The number of nitriles is 1. The molecule has 0 saturated carbocycles. The standard InChI is InChI=1S/C21H17F6N3O3/c1-29-18(31)12-3-6-15(7-4-12)32-11-16-10-30(19(33-16)21(25,26)27)14-5-2-13(9-28)17(8-14)20(22,23)24/h2-8,16,19H,10-11H2,1H3,(H,29,31)/t16-,19+/m0/s1. The molecular weight excluding hydrogens is 456 g/mol. The number of benzene rings is 2. The van der Waals surface area contributed by atoms with Gasteiger partial charge in [-0.15, -0.1) is 0 Å². The normalized spacial score (nSPS) is 18.7. The third-order valence-electron chi connectivity index (χ3n) is 4.82. The first-order chi connectivity index (χ1) is 15.4. The molecule has 1 aliphatic rings. The minimum absolute atomic E-state index is 0.269. The second-order valence-electron chi connectivity index (χ2n) is 7.06. The van der Waals surface area contributed by atoms with Gasteiger partial charge in [-0.1, -0.05) is 0 Å². The lowest BCUT2D eigenvalue weighted by molar-refractivity contribution is -0.215. The first-order valence-corrected chi connectivity index (χ1v) is 9.49. The molecule has 1 N–H and O–H groups in total. The molecular formula is C21H17F6N3O3. The van der Waals surface area contributed by atoms with Gasteiger partial charge in [0.15, 0.2) is 0 Å². The fourth-order valence-electron chi connectivity index (χ4n) is 3.28. The molecule has 1 fully saturated rings. The molecule has 3 rings (SSSR count). The fraction of sp³-hybridized carbons (Fsp3) is 0.333. The lowest BCUT2D eigenvalue weighted by atomic mass is 10.1. The van der Waals surface area contributed by atoms with Crippen molar-refractivity contribution in [3.05, 3.63) is 59.2 Å². The molecule has 0 aromatic heterocycles. The van der Waals surface area contributed by atoms with Crippen LogP contribution in [0.4, 0.5) is 32.0 Å². The second kappa shape index (κ2) is 9.19. The fourth-order valence-corrected chi connectivity index (χ4v) is 3.28. The molecule has 1 saturated heterocycles. The summed E-state index contributed by atoms with van der Waals surface area (Å²) in [6.45, 7) is -0.714.